The van der Waals surface area contributed by atoms with Gasteiger partial charge in [-0.15, -0.1) is 0 Å². The molecule has 0 aliphatic heterocycles. The van der Waals surface area contributed by atoms with Crippen molar-refractivity contribution in [1.82, 2.24) is 0 Å². The summed E-state index contributed by atoms with van der Waals surface area (Å²) in [7, 11) is 0. The summed E-state index contributed by atoms with van der Waals surface area (Å²) in [6.45, 7) is 9.06. The van der Waals surface area contributed by atoms with Gasteiger partial charge in [-0.1, -0.05) is 24.0 Å². The van der Waals surface area contributed by atoms with Crippen molar-refractivity contribution in [3.8, 4) is 11.8 Å². The van der Waals surface area contributed by atoms with Crippen LogP contribution in [0.1, 0.15) is 30.5 Å². The largest absolute Gasteiger partial charge is 0.353 e. The highest BCUT2D eigenvalue weighted by atomic mass is 16.7. The van der Waals surface area contributed by atoms with Crippen LogP contribution >= 0.6 is 0 Å². The molecule has 2 nitrogen and oxygen atoms in total. The molecule has 92 valence electrons. The van der Waals surface area contributed by atoms with E-state index in [9.17, 15) is 0 Å². The Bertz CT molecular complexity index is 413. The average molecular weight is 232 g/mol. The number of ether oxygens (including phenoxy) is 2. The molecule has 0 N–H and O–H groups in total. The van der Waals surface area contributed by atoms with E-state index >= 15 is 0 Å². The topological polar surface area (TPSA) is 18.5 Å². The van der Waals surface area contributed by atoms with Crippen LogP contribution in [0.4, 0.5) is 0 Å². The molecule has 1 aromatic carbocycles. The Balaban J connectivity index is 2.52. The van der Waals surface area contributed by atoms with Crippen molar-refractivity contribution >= 4 is 0 Å². The molecule has 1 aromatic rings. The highest BCUT2D eigenvalue weighted by Gasteiger charge is 1.98. The lowest BCUT2D eigenvalue weighted by atomic mass is 10.0. The number of rotatable bonds is 4. The van der Waals surface area contributed by atoms with Crippen molar-refractivity contribution in [1.29, 1.82) is 0 Å². The van der Waals surface area contributed by atoms with E-state index in [-0.39, 0.29) is 6.29 Å². The normalized spacial score (nSPS) is 11.8. The zero-order chi connectivity index (χ0) is 12.7. The zero-order valence-corrected chi connectivity index (χ0v) is 11.0. The predicted octanol–water partition coefficient (Wildman–Crippen LogP) is 3.05. The Kier molecular flexibility index (Phi) is 5.76. The van der Waals surface area contributed by atoms with Crippen LogP contribution in [-0.2, 0) is 9.47 Å². The third-order valence-electron chi connectivity index (χ3n) is 2.62. The summed E-state index contributed by atoms with van der Waals surface area (Å²) in [4.78, 5) is 0. The van der Waals surface area contributed by atoms with E-state index in [1.165, 1.54) is 11.1 Å². The summed E-state index contributed by atoms with van der Waals surface area (Å²) in [5.74, 6) is 6.13. The second kappa shape index (κ2) is 7.11. The van der Waals surface area contributed by atoms with Gasteiger partial charge in [0.15, 0.2) is 6.29 Å². The fourth-order valence-electron chi connectivity index (χ4n) is 1.46. The Morgan fingerprint density at radius 2 is 2.00 bits per heavy atom. The summed E-state index contributed by atoms with van der Waals surface area (Å²) in [6.07, 6.45) is -0.187. The molecule has 2 heteroatoms. The maximum atomic E-state index is 5.38. The van der Waals surface area contributed by atoms with Gasteiger partial charge in [-0.05, 0) is 44.9 Å². The van der Waals surface area contributed by atoms with Gasteiger partial charge in [0.25, 0.3) is 0 Å². The van der Waals surface area contributed by atoms with Gasteiger partial charge in [-0.3, -0.25) is 0 Å². The van der Waals surface area contributed by atoms with Crippen LogP contribution in [0.15, 0.2) is 18.2 Å². The second-order valence-corrected chi connectivity index (χ2v) is 3.88. The minimum atomic E-state index is -0.187. The molecule has 1 unspecified atom stereocenters. The first-order valence-electron chi connectivity index (χ1n) is 5.93. The molecule has 1 rings (SSSR count). The molecule has 0 saturated carbocycles. The van der Waals surface area contributed by atoms with Crippen molar-refractivity contribution in [2.75, 3.05) is 13.2 Å². The molecule has 0 heterocycles. The van der Waals surface area contributed by atoms with Crippen LogP contribution in [-0.4, -0.2) is 19.5 Å². The van der Waals surface area contributed by atoms with Gasteiger partial charge in [-0.25, -0.2) is 0 Å². The number of benzene rings is 1. The fourth-order valence-corrected chi connectivity index (χ4v) is 1.46. The molecular formula is C15H20O2. The molecule has 0 aliphatic carbocycles. The summed E-state index contributed by atoms with van der Waals surface area (Å²) in [5.41, 5.74) is 3.57. The van der Waals surface area contributed by atoms with Crippen LogP contribution < -0.4 is 0 Å². The predicted molar refractivity (Wildman–Crippen MR) is 69.8 cm³/mol. The SMILES string of the molecule is CCOC(C)OCC#Cc1cccc(C)c1C. The summed E-state index contributed by atoms with van der Waals surface area (Å²) >= 11 is 0. The zero-order valence-electron chi connectivity index (χ0n) is 11.0. The van der Waals surface area contributed by atoms with Crippen molar-refractivity contribution in [2.24, 2.45) is 0 Å². The summed E-state index contributed by atoms with van der Waals surface area (Å²) in [6, 6.07) is 6.14. The van der Waals surface area contributed by atoms with Crippen LogP contribution in [0.25, 0.3) is 0 Å². The van der Waals surface area contributed by atoms with Crippen molar-refractivity contribution < 1.29 is 9.47 Å². The first kappa shape index (κ1) is 13.8. The van der Waals surface area contributed by atoms with Gasteiger partial charge in [0, 0.05) is 12.2 Å². The first-order valence-corrected chi connectivity index (χ1v) is 5.93. The van der Waals surface area contributed by atoms with Gasteiger partial charge >= 0.3 is 0 Å². The minimum absolute atomic E-state index is 0.187. The van der Waals surface area contributed by atoms with E-state index in [1.807, 2.05) is 26.0 Å². The molecule has 0 fully saturated rings. The Morgan fingerprint density at radius 1 is 1.24 bits per heavy atom. The second-order valence-electron chi connectivity index (χ2n) is 3.88. The third kappa shape index (κ3) is 4.60. The van der Waals surface area contributed by atoms with Gasteiger partial charge in [0.1, 0.15) is 6.61 Å². The standard InChI is InChI=1S/C15H20O2/c1-5-16-14(4)17-11-7-10-15-9-6-8-12(2)13(15)3/h6,8-9,14H,5,11H2,1-4H3. The number of aryl methyl sites for hydroxylation is 1. The van der Waals surface area contributed by atoms with Gasteiger partial charge < -0.3 is 9.47 Å². The van der Waals surface area contributed by atoms with Crippen LogP contribution in [0.2, 0.25) is 0 Å². The van der Waals surface area contributed by atoms with E-state index in [4.69, 9.17) is 9.47 Å². The monoisotopic (exact) mass is 232 g/mol. The van der Waals surface area contributed by atoms with E-state index in [0.29, 0.717) is 13.2 Å². The lowest BCUT2D eigenvalue weighted by Gasteiger charge is -2.09. The molecule has 0 aromatic heterocycles. The van der Waals surface area contributed by atoms with Crippen LogP contribution in [0.5, 0.6) is 0 Å². The minimum Gasteiger partial charge on any atom is -0.353 e. The highest BCUT2D eigenvalue weighted by molar-refractivity contribution is 5.44. The number of hydrogen-bond acceptors (Lipinski definition) is 2. The van der Waals surface area contributed by atoms with E-state index in [0.717, 1.165) is 5.56 Å². The summed E-state index contributed by atoms with van der Waals surface area (Å²) in [5, 5.41) is 0. The lowest BCUT2D eigenvalue weighted by Crippen LogP contribution is -2.12. The van der Waals surface area contributed by atoms with Gasteiger partial charge in [0.05, 0.1) is 0 Å². The molecule has 0 saturated heterocycles. The first-order chi connectivity index (χ1) is 8.15. The Hall–Kier alpha value is -1.30. The van der Waals surface area contributed by atoms with Gasteiger partial charge in [0.2, 0.25) is 0 Å². The third-order valence-corrected chi connectivity index (χ3v) is 2.62. The van der Waals surface area contributed by atoms with Crippen molar-refractivity contribution in [3.63, 3.8) is 0 Å². The van der Waals surface area contributed by atoms with Gasteiger partial charge in [-0.2, -0.15) is 0 Å². The Labute approximate surface area is 104 Å². The fraction of sp³-hybridized carbons (Fsp3) is 0.467. The quantitative estimate of drug-likeness (QED) is 0.587. The Morgan fingerprint density at radius 3 is 2.71 bits per heavy atom. The molecule has 0 aliphatic rings. The smallest absolute Gasteiger partial charge is 0.156 e. The van der Waals surface area contributed by atoms with Crippen LogP contribution in [0, 0.1) is 25.7 Å². The highest BCUT2D eigenvalue weighted by Crippen LogP contribution is 2.10. The van der Waals surface area contributed by atoms with E-state index in [1.54, 1.807) is 0 Å². The lowest BCUT2D eigenvalue weighted by molar-refractivity contribution is -0.117. The average Bonchev–Trinajstić information content (AvgIpc) is 2.30. The van der Waals surface area contributed by atoms with Crippen LogP contribution in [0.3, 0.4) is 0 Å². The van der Waals surface area contributed by atoms with Crippen molar-refractivity contribution in [3.05, 3.63) is 34.9 Å². The molecular weight excluding hydrogens is 212 g/mol. The van der Waals surface area contributed by atoms with Crippen molar-refractivity contribution in [2.45, 2.75) is 34.0 Å². The van der Waals surface area contributed by atoms with E-state index < -0.39 is 0 Å². The maximum Gasteiger partial charge on any atom is 0.156 e. The molecule has 0 radical (unpaired) electrons. The maximum absolute atomic E-state index is 5.38. The summed E-state index contributed by atoms with van der Waals surface area (Å²) < 4.78 is 10.6. The van der Waals surface area contributed by atoms with E-state index in [2.05, 4.69) is 31.8 Å². The molecule has 1 atom stereocenters. The molecule has 0 bridgehead atoms. The molecule has 17 heavy (non-hydrogen) atoms. The molecule has 0 amide bonds. The molecule has 0 spiro atoms. The number of hydrogen-bond donors (Lipinski definition) is 0.